The zero-order valence-electron chi connectivity index (χ0n) is 14.3. The Morgan fingerprint density at radius 1 is 1.04 bits per heavy atom. The van der Waals surface area contributed by atoms with Gasteiger partial charge in [-0.3, -0.25) is 9.59 Å². The number of benzene rings is 1. The molecule has 8 heteroatoms. The largest absolute Gasteiger partial charge is 0.342 e. The number of carbonyl (C=O) groups excluding carboxylic acids is 2. The summed E-state index contributed by atoms with van der Waals surface area (Å²) in [6, 6.07) is 1.03. The lowest BCUT2D eigenvalue weighted by Crippen LogP contribution is -2.44. The van der Waals surface area contributed by atoms with E-state index >= 15 is 0 Å². The summed E-state index contributed by atoms with van der Waals surface area (Å²) in [6.45, 7) is 1.88. The van der Waals surface area contributed by atoms with Crippen LogP contribution in [-0.2, 0) is 4.79 Å². The summed E-state index contributed by atoms with van der Waals surface area (Å²) in [6.07, 6.45) is 3.13. The van der Waals surface area contributed by atoms with E-state index in [2.05, 4.69) is 5.32 Å². The van der Waals surface area contributed by atoms with Crippen LogP contribution in [0.15, 0.2) is 12.1 Å². The Morgan fingerprint density at radius 2 is 1.62 bits per heavy atom. The number of nitrogens with one attached hydrogen (secondary N) is 1. The standard InChI is InChI=1S/C18H21F3N2O2.ClH/c19-13-7-14(20)17(15(21)8-13)18(25)12-3-5-23(6-4-12)16(24)10-22-9-11-1-2-11;/h7-8,11-12,22H,1-6,9-10H2;1H. The molecule has 0 radical (unpaired) electrons. The van der Waals surface area contributed by atoms with Crippen molar-refractivity contribution >= 4 is 24.1 Å². The number of hydrogen-bond acceptors (Lipinski definition) is 3. The van der Waals surface area contributed by atoms with E-state index in [1.165, 1.54) is 12.8 Å². The summed E-state index contributed by atoms with van der Waals surface area (Å²) < 4.78 is 40.5. The minimum absolute atomic E-state index is 0. The number of rotatable bonds is 6. The molecule has 26 heavy (non-hydrogen) atoms. The second kappa shape index (κ2) is 8.86. The highest BCUT2D eigenvalue weighted by Gasteiger charge is 2.31. The first-order valence-electron chi connectivity index (χ1n) is 8.63. The van der Waals surface area contributed by atoms with Crippen LogP contribution in [-0.4, -0.2) is 42.8 Å². The number of hydrogen-bond donors (Lipinski definition) is 1. The van der Waals surface area contributed by atoms with Gasteiger partial charge in [-0.15, -0.1) is 12.4 Å². The van der Waals surface area contributed by atoms with Crippen molar-refractivity contribution in [1.29, 1.82) is 0 Å². The fraction of sp³-hybridized carbons (Fsp3) is 0.556. The first kappa shape index (κ1) is 20.7. The summed E-state index contributed by atoms with van der Waals surface area (Å²) in [7, 11) is 0. The van der Waals surface area contributed by atoms with Crippen LogP contribution in [0, 0.1) is 29.3 Å². The first-order valence-corrected chi connectivity index (χ1v) is 8.63. The Bertz CT molecular complexity index is 651. The SMILES string of the molecule is Cl.O=C(c1c(F)cc(F)cc1F)C1CCN(C(=O)CNCC2CC2)CC1. The molecular weight excluding hydrogens is 369 g/mol. The topological polar surface area (TPSA) is 49.4 Å². The molecule has 1 aromatic carbocycles. The monoisotopic (exact) mass is 390 g/mol. The minimum atomic E-state index is -1.18. The van der Waals surface area contributed by atoms with Crippen molar-refractivity contribution in [1.82, 2.24) is 10.2 Å². The van der Waals surface area contributed by atoms with Crippen LogP contribution in [0.5, 0.6) is 0 Å². The summed E-state index contributed by atoms with van der Waals surface area (Å²) in [5.74, 6) is -3.95. The van der Waals surface area contributed by atoms with Gasteiger partial charge in [0.2, 0.25) is 5.91 Å². The Labute approximate surface area is 156 Å². The highest BCUT2D eigenvalue weighted by atomic mass is 35.5. The van der Waals surface area contributed by atoms with E-state index in [-0.39, 0.29) is 24.9 Å². The van der Waals surface area contributed by atoms with Crippen LogP contribution in [0.1, 0.15) is 36.0 Å². The first-order chi connectivity index (χ1) is 12.0. The third-order valence-electron chi connectivity index (χ3n) is 4.88. The van der Waals surface area contributed by atoms with Gasteiger partial charge in [-0.1, -0.05) is 0 Å². The van der Waals surface area contributed by atoms with E-state index in [0.29, 0.717) is 44.0 Å². The lowest BCUT2D eigenvalue weighted by molar-refractivity contribution is -0.131. The van der Waals surface area contributed by atoms with Gasteiger partial charge in [0.05, 0.1) is 12.1 Å². The normalized spacial score (nSPS) is 17.7. The predicted molar refractivity (Wildman–Crippen MR) is 92.8 cm³/mol. The lowest BCUT2D eigenvalue weighted by Gasteiger charge is -2.31. The Kier molecular flexibility index (Phi) is 7.06. The van der Waals surface area contributed by atoms with Gasteiger partial charge in [-0.2, -0.15) is 0 Å². The van der Waals surface area contributed by atoms with Gasteiger partial charge in [0, 0.05) is 31.1 Å². The van der Waals surface area contributed by atoms with E-state index in [0.717, 1.165) is 6.54 Å². The zero-order valence-corrected chi connectivity index (χ0v) is 15.1. The molecule has 3 rings (SSSR count). The number of amides is 1. The lowest BCUT2D eigenvalue weighted by atomic mass is 9.88. The molecule has 0 aromatic heterocycles. The van der Waals surface area contributed by atoms with Crippen LogP contribution < -0.4 is 5.32 Å². The molecule has 2 aliphatic rings. The second-order valence-corrected chi connectivity index (χ2v) is 6.84. The van der Waals surface area contributed by atoms with Crippen LogP contribution in [0.3, 0.4) is 0 Å². The van der Waals surface area contributed by atoms with Gasteiger partial charge in [-0.25, -0.2) is 13.2 Å². The van der Waals surface area contributed by atoms with Gasteiger partial charge in [-0.05, 0) is 38.1 Å². The van der Waals surface area contributed by atoms with E-state index in [9.17, 15) is 22.8 Å². The summed E-state index contributed by atoms with van der Waals surface area (Å²) in [4.78, 5) is 26.1. The van der Waals surface area contributed by atoms with Crippen LogP contribution in [0.4, 0.5) is 13.2 Å². The van der Waals surface area contributed by atoms with Crippen LogP contribution >= 0.6 is 12.4 Å². The highest BCUT2D eigenvalue weighted by molar-refractivity contribution is 5.98. The number of halogens is 4. The number of Topliss-reactive ketones (excluding diaryl/α,β-unsaturated/α-hetero) is 1. The van der Waals surface area contributed by atoms with Crippen molar-refractivity contribution in [3.63, 3.8) is 0 Å². The molecule has 0 bridgehead atoms. The van der Waals surface area contributed by atoms with E-state index in [4.69, 9.17) is 0 Å². The van der Waals surface area contributed by atoms with Crippen molar-refractivity contribution in [2.75, 3.05) is 26.2 Å². The summed E-state index contributed by atoms with van der Waals surface area (Å²) in [5, 5.41) is 3.13. The molecule has 1 aliphatic heterocycles. The third kappa shape index (κ3) is 4.98. The van der Waals surface area contributed by atoms with Crippen molar-refractivity contribution < 1.29 is 22.8 Å². The highest BCUT2D eigenvalue weighted by Crippen LogP contribution is 2.28. The maximum atomic E-state index is 13.8. The molecule has 1 aromatic rings. The molecule has 144 valence electrons. The number of ketones is 1. The van der Waals surface area contributed by atoms with Crippen LogP contribution in [0.2, 0.25) is 0 Å². The molecule has 1 N–H and O–H groups in total. The fourth-order valence-electron chi connectivity index (χ4n) is 3.19. The molecule has 0 unspecified atom stereocenters. The zero-order chi connectivity index (χ0) is 18.0. The van der Waals surface area contributed by atoms with E-state index in [1.807, 2.05) is 0 Å². The third-order valence-corrected chi connectivity index (χ3v) is 4.88. The van der Waals surface area contributed by atoms with Gasteiger partial charge in [0.15, 0.2) is 5.78 Å². The fourth-order valence-corrected chi connectivity index (χ4v) is 3.19. The molecule has 1 heterocycles. The number of carbonyl (C=O) groups is 2. The number of nitrogens with zero attached hydrogens (tertiary/aromatic N) is 1. The van der Waals surface area contributed by atoms with Crippen molar-refractivity contribution in [2.24, 2.45) is 11.8 Å². The molecule has 4 nitrogen and oxygen atoms in total. The van der Waals surface area contributed by atoms with E-state index in [1.54, 1.807) is 4.90 Å². The smallest absolute Gasteiger partial charge is 0.236 e. The molecular formula is C18H22ClF3N2O2. The van der Waals surface area contributed by atoms with Crippen molar-refractivity contribution in [3.8, 4) is 0 Å². The minimum Gasteiger partial charge on any atom is -0.342 e. The average molecular weight is 391 g/mol. The van der Waals surface area contributed by atoms with E-state index < -0.39 is 34.7 Å². The molecule has 1 aliphatic carbocycles. The Morgan fingerprint density at radius 3 is 2.15 bits per heavy atom. The van der Waals surface area contributed by atoms with Crippen LogP contribution in [0.25, 0.3) is 0 Å². The van der Waals surface area contributed by atoms with Gasteiger partial charge in [0.1, 0.15) is 17.5 Å². The number of likely N-dealkylation sites (tertiary alicyclic amines) is 1. The van der Waals surface area contributed by atoms with Gasteiger partial charge in [0.25, 0.3) is 0 Å². The summed E-state index contributed by atoms with van der Waals surface area (Å²) in [5.41, 5.74) is -0.683. The second-order valence-electron chi connectivity index (χ2n) is 6.84. The van der Waals surface area contributed by atoms with Gasteiger partial charge >= 0.3 is 0 Å². The molecule has 1 saturated heterocycles. The average Bonchev–Trinajstić information content (AvgIpc) is 3.38. The molecule has 1 amide bonds. The van der Waals surface area contributed by atoms with Crippen molar-refractivity contribution in [2.45, 2.75) is 25.7 Å². The maximum Gasteiger partial charge on any atom is 0.236 e. The number of piperidine rings is 1. The molecule has 2 fully saturated rings. The predicted octanol–water partition coefficient (Wildman–Crippen LogP) is 2.95. The summed E-state index contributed by atoms with van der Waals surface area (Å²) >= 11 is 0. The van der Waals surface area contributed by atoms with Gasteiger partial charge < -0.3 is 10.2 Å². The Balaban J connectivity index is 0.00000243. The van der Waals surface area contributed by atoms with Crippen molar-refractivity contribution in [3.05, 3.63) is 35.1 Å². The molecule has 1 saturated carbocycles. The molecule has 0 atom stereocenters. The molecule has 0 spiro atoms. The maximum absolute atomic E-state index is 13.8. The quantitative estimate of drug-likeness (QED) is 0.760. The Hall–Kier alpha value is -1.60.